The summed E-state index contributed by atoms with van der Waals surface area (Å²) < 4.78 is 5.98. The molecule has 0 spiro atoms. The van der Waals surface area contributed by atoms with Gasteiger partial charge in [-0.1, -0.05) is 41.5 Å². The highest BCUT2D eigenvalue weighted by Gasteiger charge is 2.73. The van der Waals surface area contributed by atoms with Gasteiger partial charge >= 0.3 is 5.97 Å². The zero-order chi connectivity index (χ0) is 36.2. The molecule has 0 aromatic heterocycles. The smallest absolute Gasteiger partial charge is 0.302 e. The van der Waals surface area contributed by atoms with Crippen LogP contribution in [0.2, 0.25) is 0 Å². The van der Waals surface area contributed by atoms with Gasteiger partial charge in [-0.15, -0.1) is 0 Å². The lowest BCUT2D eigenvalue weighted by atomic mass is 9.32. The van der Waals surface area contributed by atoms with Crippen LogP contribution in [0.4, 0.5) is 0 Å². The van der Waals surface area contributed by atoms with Crippen LogP contribution in [0.5, 0.6) is 0 Å². The van der Waals surface area contributed by atoms with Gasteiger partial charge in [-0.25, -0.2) is 0 Å². The first-order valence-corrected chi connectivity index (χ1v) is 20.4. The molecule has 1 saturated heterocycles. The van der Waals surface area contributed by atoms with E-state index < -0.39 is 5.41 Å². The fraction of sp³-hybridized carbons (Fsp3) is 0.929. The number of aliphatic hydroxyl groups excluding tert-OH is 2. The van der Waals surface area contributed by atoms with Crippen LogP contribution in [-0.2, 0) is 19.1 Å². The minimum absolute atomic E-state index is 0.00990. The molecular weight excluding hydrogens is 628 g/mol. The number of amides is 2. The molecular formula is C42H68N2O6. The van der Waals surface area contributed by atoms with Gasteiger partial charge in [-0.2, -0.15) is 0 Å². The van der Waals surface area contributed by atoms with E-state index in [2.05, 4.69) is 46.4 Å². The summed E-state index contributed by atoms with van der Waals surface area (Å²) in [5.41, 5.74) is -0.936. The van der Waals surface area contributed by atoms with E-state index in [1.54, 1.807) is 18.7 Å². The van der Waals surface area contributed by atoms with Crippen molar-refractivity contribution in [3.05, 3.63) is 0 Å². The lowest BCUT2D eigenvalue weighted by Crippen LogP contribution is -2.68. The Morgan fingerprint density at radius 3 is 2.00 bits per heavy atom. The summed E-state index contributed by atoms with van der Waals surface area (Å²) in [7, 11) is 0. The number of aliphatic hydroxyl groups is 2. The van der Waals surface area contributed by atoms with Crippen LogP contribution in [0.15, 0.2) is 0 Å². The fourth-order valence-corrected chi connectivity index (χ4v) is 14.8. The highest BCUT2D eigenvalue weighted by Crippen LogP contribution is 2.78. The second-order valence-corrected chi connectivity index (χ2v) is 20.3. The highest BCUT2D eigenvalue weighted by atomic mass is 16.5. The lowest BCUT2D eigenvalue weighted by molar-refractivity contribution is -0.250. The van der Waals surface area contributed by atoms with Gasteiger partial charge in [-0.05, 0) is 135 Å². The first-order valence-electron chi connectivity index (χ1n) is 20.4. The molecule has 7 rings (SSSR count). The predicted octanol–water partition coefficient (Wildman–Crippen LogP) is 6.32. The largest absolute Gasteiger partial charge is 0.462 e. The van der Waals surface area contributed by atoms with E-state index in [0.29, 0.717) is 61.7 Å². The first-order chi connectivity index (χ1) is 23.4. The SMILES string of the molecule is CC(=O)OC1CCC2(C)C(CCC3(C)C2CCC2C4C(C5CC5C)CCC4(C(=O)N4CCN(C(=O)C(C)(CO)CO)CC4)CCC23C)C1(C)C. The summed E-state index contributed by atoms with van der Waals surface area (Å²) in [5.74, 6) is 4.24. The number of ether oxygens (including phenoxy) is 1. The van der Waals surface area contributed by atoms with E-state index in [-0.39, 0.29) is 58.3 Å². The van der Waals surface area contributed by atoms with Crippen LogP contribution in [-0.4, -0.2) is 83.3 Å². The van der Waals surface area contributed by atoms with Crippen LogP contribution < -0.4 is 0 Å². The molecule has 1 aliphatic heterocycles. The zero-order valence-corrected chi connectivity index (χ0v) is 32.6. The van der Waals surface area contributed by atoms with E-state index >= 15 is 4.79 Å². The number of rotatable bonds is 6. The minimum Gasteiger partial charge on any atom is -0.462 e. The molecule has 6 saturated carbocycles. The van der Waals surface area contributed by atoms with Crippen molar-refractivity contribution in [2.24, 2.45) is 73.9 Å². The Morgan fingerprint density at radius 1 is 0.760 bits per heavy atom. The number of hydrogen-bond donors (Lipinski definition) is 2. The molecule has 6 aliphatic carbocycles. The fourth-order valence-electron chi connectivity index (χ4n) is 14.8. The highest BCUT2D eigenvalue weighted by molar-refractivity contribution is 5.85. The average molecular weight is 697 g/mol. The van der Waals surface area contributed by atoms with E-state index in [0.717, 1.165) is 43.9 Å². The molecule has 12 unspecified atom stereocenters. The van der Waals surface area contributed by atoms with Crippen LogP contribution in [0.1, 0.15) is 126 Å². The van der Waals surface area contributed by atoms with Crippen molar-refractivity contribution in [1.82, 2.24) is 9.80 Å². The maximum absolute atomic E-state index is 15.1. The molecule has 50 heavy (non-hydrogen) atoms. The molecule has 0 aromatic rings. The second kappa shape index (κ2) is 12.2. The second-order valence-electron chi connectivity index (χ2n) is 20.3. The molecule has 0 bridgehead atoms. The minimum atomic E-state index is -1.19. The van der Waals surface area contributed by atoms with Gasteiger partial charge in [-0.3, -0.25) is 14.4 Å². The molecule has 7 aliphatic rings. The number of carbonyl (C=O) groups is 3. The van der Waals surface area contributed by atoms with E-state index in [1.807, 2.05) is 0 Å². The number of nitrogens with zero attached hydrogens (tertiary/aromatic N) is 2. The Morgan fingerprint density at radius 2 is 1.40 bits per heavy atom. The molecule has 282 valence electrons. The normalized spacial score (nSPS) is 46.6. The molecule has 2 N–H and O–H groups in total. The van der Waals surface area contributed by atoms with Gasteiger partial charge in [0.15, 0.2) is 0 Å². The number of hydrogen-bond acceptors (Lipinski definition) is 6. The predicted molar refractivity (Wildman–Crippen MR) is 192 cm³/mol. The van der Waals surface area contributed by atoms with E-state index in [1.165, 1.54) is 38.5 Å². The quantitative estimate of drug-likeness (QED) is 0.315. The lowest BCUT2D eigenvalue weighted by Gasteiger charge is -2.73. The molecule has 8 nitrogen and oxygen atoms in total. The van der Waals surface area contributed by atoms with Crippen LogP contribution in [0.3, 0.4) is 0 Å². The summed E-state index contributed by atoms with van der Waals surface area (Å²) >= 11 is 0. The molecule has 7 fully saturated rings. The van der Waals surface area contributed by atoms with Crippen LogP contribution in [0.25, 0.3) is 0 Å². The maximum Gasteiger partial charge on any atom is 0.302 e. The van der Waals surface area contributed by atoms with Gasteiger partial charge in [0.25, 0.3) is 0 Å². The van der Waals surface area contributed by atoms with Crippen molar-refractivity contribution in [2.75, 3.05) is 39.4 Å². The first kappa shape index (κ1) is 36.7. The van der Waals surface area contributed by atoms with Gasteiger partial charge < -0.3 is 24.7 Å². The zero-order valence-electron chi connectivity index (χ0n) is 32.6. The summed E-state index contributed by atoms with van der Waals surface area (Å²) in [6, 6.07) is 0. The molecule has 1 heterocycles. The maximum atomic E-state index is 15.1. The monoisotopic (exact) mass is 697 g/mol. The van der Waals surface area contributed by atoms with Gasteiger partial charge in [0.2, 0.25) is 11.8 Å². The Balaban J connectivity index is 1.16. The van der Waals surface area contributed by atoms with Crippen molar-refractivity contribution < 1.29 is 29.3 Å². The molecule has 12 atom stereocenters. The van der Waals surface area contributed by atoms with E-state index in [4.69, 9.17) is 4.74 Å². The Hall–Kier alpha value is -1.67. The van der Waals surface area contributed by atoms with Gasteiger partial charge in [0.05, 0.1) is 24.0 Å². The Labute approximate surface area is 301 Å². The number of fused-ring (bicyclic) bond motifs is 7. The van der Waals surface area contributed by atoms with Gasteiger partial charge in [0.1, 0.15) is 6.10 Å². The molecule has 0 radical (unpaired) electrons. The van der Waals surface area contributed by atoms with Crippen molar-refractivity contribution in [3.8, 4) is 0 Å². The summed E-state index contributed by atoms with van der Waals surface area (Å²) in [6.45, 7) is 19.5. The van der Waals surface area contributed by atoms with Crippen molar-refractivity contribution in [1.29, 1.82) is 0 Å². The Bertz CT molecular complexity index is 1370. The van der Waals surface area contributed by atoms with Crippen molar-refractivity contribution >= 4 is 17.8 Å². The number of carbonyl (C=O) groups excluding carboxylic acids is 3. The number of esters is 1. The summed E-state index contributed by atoms with van der Waals surface area (Å²) in [6.07, 6.45) is 12.5. The average Bonchev–Trinajstić information content (AvgIpc) is 3.68. The standard InChI is InChI=1S/C42H68N2O6/c1-26-23-29(26)28-11-16-42(36(49)44-21-19-43(20-22-44)35(48)38(5,24-45)25-46)18-17-40(7)30(34(28)42)9-10-32-39(6)14-13-33(50-27(2)47)37(3,4)31(39)12-15-41(32,40)8/h26,28-34,45-46H,9-25H2,1-8H3. The van der Waals surface area contributed by atoms with E-state index in [9.17, 15) is 19.8 Å². The van der Waals surface area contributed by atoms with Crippen LogP contribution >= 0.6 is 0 Å². The van der Waals surface area contributed by atoms with Crippen molar-refractivity contribution in [3.63, 3.8) is 0 Å². The molecule has 2 amide bonds. The van der Waals surface area contributed by atoms with Crippen molar-refractivity contribution in [2.45, 2.75) is 132 Å². The third-order valence-corrected chi connectivity index (χ3v) is 17.9. The van der Waals surface area contributed by atoms with Gasteiger partial charge in [0, 0.05) is 38.5 Å². The third kappa shape index (κ3) is 5.05. The number of piperazine rings is 1. The van der Waals surface area contributed by atoms with Crippen LogP contribution in [0, 0.1) is 73.9 Å². The summed E-state index contributed by atoms with van der Waals surface area (Å²) in [5, 5.41) is 19.7. The Kier molecular flexibility index (Phi) is 8.93. The molecule has 0 aromatic carbocycles. The topological polar surface area (TPSA) is 107 Å². The summed E-state index contributed by atoms with van der Waals surface area (Å²) in [4.78, 5) is 44.2. The third-order valence-electron chi connectivity index (χ3n) is 17.9. The molecule has 8 heteroatoms.